The van der Waals surface area contributed by atoms with Gasteiger partial charge in [-0.05, 0) is 17.7 Å². The van der Waals surface area contributed by atoms with Gasteiger partial charge in [-0.15, -0.1) is 0 Å². The highest BCUT2D eigenvalue weighted by Crippen LogP contribution is 2.20. The van der Waals surface area contributed by atoms with Crippen LogP contribution in [0.1, 0.15) is 11.7 Å². The molecule has 0 bridgehead atoms. The number of aliphatic hydroxyl groups excluding tert-OH is 1. The highest BCUT2D eigenvalue weighted by atomic mass is 35.5. The lowest BCUT2D eigenvalue weighted by atomic mass is 10.1. The molecule has 0 spiro atoms. The van der Waals surface area contributed by atoms with Crippen LogP contribution in [0.4, 0.5) is 4.39 Å². The van der Waals surface area contributed by atoms with Crippen molar-refractivity contribution in [3.8, 4) is 0 Å². The van der Waals surface area contributed by atoms with Gasteiger partial charge >= 0.3 is 0 Å². The van der Waals surface area contributed by atoms with Gasteiger partial charge in [0, 0.05) is 7.11 Å². The Bertz CT molecular complexity index is 291. The smallest absolute Gasteiger partial charge is 0.142 e. The minimum Gasteiger partial charge on any atom is -0.386 e. The molecule has 72 valence electrons. The maximum Gasteiger partial charge on any atom is 0.142 e. The van der Waals surface area contributed by atoms with E-state index in [-0.39, 0.29) is 11.6 Å². The molecule has 0 saturated heterocycles. The molecule has 1 N–H and O–H groups in total. The number of benzene rings is 1. The van der Waals surface area contributed by atoms with Gasteiger partial charge in [-0.25, -0.2) is 4.39 Å². The fourth-order valence-corrected chi connectivity index (χ4v) is 1.09. The van der Waals surface area contributed by atoms with Crippen molar-refractivity contribution in [2.24, 2.45) is 0 Å². The van der Waals surface area contributed by atoms with Gasteiger partial charge in [-0.3, -0.25) is 0 Å². The second-order valence-corrected chi connectivity index (χ2v) is 3.05. The molecule has 0 aliphatic heterocycles. The zero-order valence-corrected chi connectivity index (χ0v) is 7.88. The van der Waals surface area contributed by atoms with Crippen LogP contribution in [0.15, 0.2) is 18.2 Å². The van der Waals surface area contributed by atoms with E-state index in [4.69, 9.17) is 16.3 Å². The van der Waals surface area contributed by atoms with Crippen molar-refractivity contribution in [1.29, 1.82) is 0 Å². The lowest BCUT2D eigenvalue weighted by molar-refractivity contribution is 0.0642. The summed E-state index contributed by atoms with van der Waals surface area (Å²) in [6.45, 7) is 0.140. The summed E-state index contributed by atoms with van der Waals surface area (Å²) in [7, 11) is 1.47. The van der Waals surface area contributed by atoms with E-state index in [1.165, 1.54) is 19.2 Å². The van der Waals surface area contributed by atoms with Crippen LogP contribution in [0.3, 0.4) is 0 Å². The van der Waals surface area contributed by atoms with Crippen molar-refractivity contribution < 1.29 is 14.2 Å². The van der Waals surface area contributed by atoms with Gasteiger partial charge in [-0.2, -0.15) is 0 Å². The second-order valence-electron chi connectivity index (χ2n) is 2.64. The van der Waals surface area contributed by atoms with Crippen LogP contribution in [-0.4, -0.2) is 18.8 Å². The summed E-state index contributed by atoms with van der Waals surface area (Å²) in [4.78, 5) is 0. The Kier molecular flexibility index (Phi) is 3.66. The molecule has 0 unspecified atom stereocenters. The van der Waals surface area contributed by atoms with Crippen LogP contribution >= 0.6 is 11.6 Å². The van der Waals surface area contributed by atoms with E-state index in [2.05, 4.69) is 0 Å². The molecule has 0 aliphatic carbocycles. The van der Waals surface area contributed by atoms with Gasteiger partial charge in [0.25, 0.3) is 0 Å². The van der Waals surface area contributed by atoms with Crippen molar-refractivity contribution >= 4 is 11.6 Å². The van der Waals surface area contributed by atoms with E-state index in [9.17, 15) is 9.50 Å². The van der Waals surface area contributed by atoms with Gasteiger partial charge in [0.2, 0.25) is 0 Å². The fourth-order valence-electron chi connectivity index (χ4n) is 0.974. The molecule has 1 rings (SSSR count). The summed E-state index contributed by atoms with van der Waals surface area (Å²) < 4.78 is 17.6. The van der Waals surface area contributed by atoms with Crippen LogP contribution in [0.2, 0.25) is 5.02 Å². The second kappa shape index (κ2) is 4.56. The minimum absolute atomic E-state index is 0.0494. The molecule has 0 heterocycles. The first-order valence-electron chi connectivity index (χ1n) is 3.77. The summed E-state index contributed by atoms with van der Waals surface area (Å²) in [6.07, 6.45) is -0.809. The number of hydrogen-bond donors (Lipinski definition) is 1. The fraction of sp³-hybridized carbons (Fsp3) is 0.333. The molecule has 1 atom stereocenters. The van der Waals surface area contributed by atoms with Crippen molar-refractivity contribution in [1.82, 2.24) is 0 Å². The minimum atomic E-state index is -0.809. The molecule has 4 heteroatoms. The Morgan fingerprint density at radius 2 is 2.31 bits per heavy atom. The zero-order chi connectivity index (χ0) is 9.84. The lowest BCUT2D eigenvalue weighted by Crippen LogP contribution is -2.05. The predicted octanol–water partition coefficient (Wildman–Crippen LogP) is 2.16. The maximum absolute atomic E-state index is 12.9. The molecule has 0 fully saturated rings. The normalized spacial score (nSPS) is 12.9. The highest BCUT2D eigenvalue weighted by molar-refractivity contribution is 6.30. The van der Waals surface area contributed by atoms with E-state index >= 15 is 0 Å². The number of ether oxygens (including phenoxy) is 1. The third-order valence-corrected chi connectivity index (χ3v) is 1.96. The van der Waals surface area contributed by atoms with Gasteiger partial charge in [0.05, 0.1) is 11.6 Å². The number of halogens is 2. The average Bonchev–Trinajstić information content (AvgIpc) is 2.10. The number of hydrogen-bond acceptors (Lipinski definition) is 2. The summed E-state index contributed by atoms with van der Waals surface area (Å²) in [5.41, 5.74) is 0.462. The largest absolute Gasteiger partial charge is 0.386 e. The SMILES string of the molecule is COC[C@H](O)c1ccc(Cl)c(F)c1. The van der Waals surface area contributed by atoms with Crippen LogP contribution < -0.4 is 0 Å². The van der Waals surface area contributed by atoms with Crippen molar-refractivity contribution in [3.05, 3.63) is 34.6 Å². The van der Waals surface area contributed by atoms with Gasteiger partial charge < -0.3 is 9.84 Å². The monoisotopic (exact) mass is 204 g/mol. The maximum atomic E-state index is 12.9. The Morgan fingerprint density at radius 3 is 2.85 bits per heavy atom. The number of aliphatic hydroxyl groups is 1. The molecule has 0 amide bonds. The van der Waals surface area contributed by atoms with E-state index in [1.54, 1.807) is 6.07 Å². The molecule has 1 aromatic carbocycles. The number of rotatable bonds is 3. The van der Waals surface area contributed by atoms with Crippen LogP contribution in [-0.2, 0) is 4.74 Å². The summed E-state index contributed by atoms with van der Waals surface area (Å²) >= 11 is 5.47. The molecule has 2 nitrogen and oxygen atoms in total. The Labute approximate surface area is 80.9 Å². The topological polar surface area (TPSA) is 29.5 Å². The standard InChI is InChI=1S/C9H10ClFO2/c1-13-5-9(12)6-2-3-7(10)8(11)4-6/h2-4,9,12H,5H2,1H3/t9-/m0/s1. The first kappa shape index (κ1) is 10.4. The molecule has 0 saturated carbocycles. The van der Waals surface area contributed by atoms with Gasteiger partial charge in [0.15, 0.2) is 0 Å². The van der Waals surface area contributed by atoms with Gasteiger partial charge in [-0.1, -0.05) is 17.7 Å². The highest BCUT2D eigenvalue weighted by Gasteiger charge is 2.09. The summed E-state index contributed by atoms with van der Waals surface area (Å²) in [6, 6.07) is 4.17. The first-order valence-corrected chi connectivity index (χ1v) is 4.15. The third-order valence-electron chi connectivity index (χ3n) is 1.65. The van der Waals surface area contributed by atoms with Crippen LogP contribution in [0, 0.1) is 5.82 Å². The van der Waals surface area contributed by atoms with Gasteiger partial charge in [0.1, 0.15) is 11.9 Å². The molecular formula is C9H10ClFO2. The Hall–Kier alpha value is -0.640. The molecule has 0 aromatic heterocycles. The van der Waals surface area contributed by atoms with E-state index in [0.29, 0.717) is 5.56 Å². The third kappa shape index (κ3) is 2.66. The molecule has 0 radical (unpaired) electrons. The zero-order valence-electron chi connectivity index (χ0n) is 7.13. The van der Waals surface area contributed by atoms with Crippen LogP contribution in [0.25, 0.3) is 0 Å². The molecule has 13 heavy (non-hydrogen) atoms. The Balaban J connectivity index is 2.84. The van der Waals surface area contributed by atoms with Crippen LogP contribution in [0.5, 0.6) is 0 Å². The van der Waals surface area contributed by atoms with Crippen molar-refractivity contribution in [2.45, 2.75) is 6.10 Å². The van der Waals surface area contributed by atoms with E-state index in [1.807, 2.05) is 0 Å². The predicted molar refractivity (Wildman–Crippen MR) is 48.2 cm³/mol. The van der Waals surface area contributed by atoms with E-state index in [0.717, 1.165) is 0 Å². The Morgan fingerprint density at radius 1 is 1.62 bits per heavy atom. The average molecular weight is 205 g/mol. The number of methoxy groups -OCH3 is 1. The lowest BCUT2D eigenvalue weighted by Gasteiger charge is -2.09. The van der Waals surface area contributed by atoms with E-state index < -0.39 is 11.9 Å². The molecule has 1 aromatic rings. The summed E-state index contributed by atoms with van der Waals surface area (Å²) in [5, 5.41) is 9.45. The van der Waals surface area contributed by atoms with Crippen molar-refractivity contribution in [2.75, 3.05) is 13.7 Å². The first-order chi connectivity index (χ1) is 6.15. The molecular weight excluding hydrogens is 195 g/mol. The quantitative estimate of drug-likeness (QED) is 0.818. The summed E-state index contributed by atoms with van der Waals surface area (Å²) in [5.74, 6) is -0.533. The molecule has 0 aliphatic rings. The van der Waals surface area contributed by atoms with Crippen molar-refractivity contribution in [3.63, 3.8) is 0 Å².